The van der Waals surface area contributed by atoms with Crippen LogP contribution in [0.15, 0.2) is 0 Å². The number of rotatable bonds is 1. The van der Waals surface area contributed by atoms with E-state index < -0.39 is 0 Å². The SMILES string of the molecule is CCOC(C)=O.[Si]. The molecule has 0 heterocycles. The van der Waals surface area contributed by atoms with Gasteiger partial charge in [-0.1, -0.05) is 0 Å². The van der Waals surface area contributed by atoms with Gasteiger partial charge in [0.1, 0.15) is 0 Å². The predicted octanol–water partition coefficient (Wildman–Crippen LogP) is 0.189. The molecule has 0 atom stereocenters. The molecule has 0 aromatic rings. The molecule has 0 aliphatic carbocycles. The highest BCUT2D eigenvalue weighted by Gasteiger charge is 1.81. The topological polar surface area (TPSA) is 26.3 Å². The van der Waals surface area contributed by atoms with Gasteiger partial charge in [-0.2, -0.15) is 0 Å². The number of esters is 1. The lowest BCUT2D eigenvalue weighted by atomic mass is 10.8. The summed E-state index contributed by atoms with van der Waals surface area (Å²) < 4.78 is 4.40. The van der Waals surface area contributed by atoms with Crippen LogP contribution in [0, 0.1) is 0 Å². The van der Waals surface area contributed by atoms with Crippen LogP contribution in [0.2, 0.25) is 0 Å². The first kappa shape index (κ1) is 9.84. The van der Waals surface area contributed by atoms with E-state index in [1.165, 1.54) is 6.92 Å². The Morgan fingerprint density at radius 1 is 1.71 bits per heavy atom. The zero-order valence-corrected chi connectivity index (χ0v) is 5.52. The smallest absolute Gasteiger partial charge is 0.302 e. The summed E-state index contributed by atoms with van der Waals surface area (Å²) in [5, 5.41) is 0. The molecule has 0 aliphatic rings. The van der Waals surface area contributed by atoms with Crippen LogP contribution in [-0.2, 0) is 9.53 Å². The van der Waals surface area contributed by atoms with E-state index in [4.69, 9.17) is 0 Å². The first-order chi connectivity index (χ1) is 2.77. The molecule has 4 radical (unpaired) electrons. The molecule has 7 heavy (non-hydrogen) atoms. The van der Waals surface area contributed by atoms with Crippen LogP contribution in [0.1, 0.15) is 13.8 Å². The van der Waals surface area contributed by atoms with Crippen molar-refractivity contribution in [2.75, 3.05) is 6.61 Å². The van der Waals surface area contributed by atoms with Crippen molar-refractivity contribution in [1.29, 1.82) is 0 Å². The highest BCUT2D eigenvalue weighted by molar-refractivity contribution is 5.75. The molecule has 3 heteroatoms. The lowest BCUT2D eigenvalue weighted by Gasteiger charge is -1.89. The molecule has 0 amide bonds. The fourth-order valence-electron chi connectivity index (χ4n) is 0.203. The second-order valence-electron chi connectivity index (χ2n) is 0.925. The van der Waals surface area contributed by atoms with Crippen molar-refractivity contribution >= 4 is 16.9 Å². The van der Waals surface area contributed by atoms with Crippen molar-refractivity contribution in [2.45, 2.75) is 13.8 Å². The molecule has 40 valence electrons. The minimum absolute atomic E-state index is 0. The number of ether oxygens (including phenoxy) is 1. The highest BCUT2D eigenvalue weighted by atomic mass is 28.1. The van der Waals surface area contributed by atoms with E-state index in [1.807, 2.05) is 0 Å². The lowest BCUT2D eigenvalue weighted by Crippen LogP contribution is -1.95. The van der Waals surface area contributed by atoms with Crippen LogP contribution in [0.3, 0.4) is 0 Å². The molecule has 0 rings (SSSR count). The number of hydrogen-bond acceptors (Lipinski definition) is 2. The van der Waals surface area contributed by atoms with E-state index in [1.54, 1.807) is 6.92 Å². The van der Waals surface area contributed by atoms with Crippen molar-refractivity contribution in [3.05, 3.63) is 0 Å². The van der Waals surface area contributed by atoms with Gasteiger partial charge in [0, 0.05) is 17.9 Å². The summed E-state index contributed by atoms with van der Waals surface area (Å²) in [6, 6.07) is 0. The van der Waals surface area contributed by atoms with Gasteiger partial charge in [-0.3, -0.25) is 4.79 Å². The van der Waals surface area contributed by atoms with Gasteiger partial charge >= 0.3 is 5.97 Å². The molecule has 0 N–H and O–H groups in total. The van der Waals surface area contributed by atoms with Gasteiger partial charge < -0.3 is 4.74 Å². The molecular formula is C4H8O2Si. The zero-order valence-electron chi connectivity index (χ0n) is 4.52. The van der Waals surface area contributed by atoms with E-state index in [-0.39, 0.29) is 16.9 Å². The Morgan fingerprint density at radius 2 is 2.14 bits per heavy atom. The fourth-order valence-corrected chi connectivity index (χ4v) is 0.203. The number of carbonyl (C=O) groups excluding carboxylic acids is 1. The molecule has 0 aromatic heterocycles. The van der Waals surface area contributed by atoms with Crippen molar-refractivity contribution in [2.24, 2.45) is 0 Å². The van der Waals surface area contributed by atoms with Gasteiger partial charge in [0.2, 0.25) is 0 Å². The summed E-state index contributed by atoms with van der Waals surface area (Å²) in [5.74, 6) is -0.211. The molecule has 0 saturated heterocycles. The Morgan fingerprint density at radius 3 is 2.14 bits per heavy atom. The summed E-state index contributed by atoms with van der Waals surface area (Å²) in [4.78, 5) is 9.82. The summed E-state index contributed by atoms with van der Waals surface area (Å²) in [6.07, 6.45) is 0. The van der Waals surface area contributed by atoms with Crippen LogP contribution in [0.4, 0.5) is 0 Å². The summed E-state index contributed by atoms with van der Waals surface area (Å²) in [5.41, 5.74) is 0. The van der Waals surface area contributed by atoms with Crippen LogP contribution in [0.5, 0.6) is 0 Å². The van der Waals surface area contributed by atoms with E-state index >= 15 is 0 Å². The van der Waals surface area contributed by atoms with Crippen LogP contribution >= 0.6 is 0 Å². The molecule has 0 bridgehead atoms. The van der Waals surface area contributed by atoms with Crippen LogP contribution < -0.4 is 0 Å². The molecule has 0 aromatic carbocycles. The van der Waals surface area contributed by atoms with Crippen LogP contribution in [0.25, 0.3) is 0 Å². The minimum atomic E-state index is -0.211. The fraction of sp³-hybridized carbons (Fsp3) is 0.750. The number of carbonyl (C=O) groups is 1. The average molecular weight is 116 g/mol. The second-order valence-corrected chi connectivity index (χ2v) is 0.925. The third-order valence-electron chi connectivity index (χ3n) is 0.348. The first-order valence-electron chi connectivity index (χ1n) is 1.90. The molecule has 0 saturated carbocycles. The molecule has 0 aliphatic heterocycles. The maximum Gasteiger partial charge on any atom is 0.302 e. The molecule has 2 nitrogen and oxygen atoms in total. The van der Waals surface area contributed by atoms with Gasteiger partial charge in [0.05, 0.1) is 6.61 Å². The Kier molecular flexibility index (Phi) is 8.00. The second kappa shape index (κ2) is 5.69. The van der Waals surface area contributed by atoms with E-state index in [9.17, 15) is 4.79 Å². The normalized spacial score (nSPS) is 6.57. The van der Waals surface area contributed by atoms with Gasteiger partial charge in [-0.15, -0.1) is 0 Å². The molecule has 0 fully saturated rings. The van der Waals surface area contributed by atoms with Gasteiger partial charge in [0.15, 0.2) is 0 Å². The summed E-state index contributed by atoms with van der Waals surface area (Å²) in [6.45, 7) is 3.65. The first-order valence-corrected chi connectivity index (χ1v) is 1.90. The molecule has 0 spiro atoms. The summed E-state index contributed by atoms with van der Waals surface area (Å²) in [7, 11) is 0. The Balaban J connectivity index is 0. The highest BCUT2D eigenvalue weighted by Crippen LogP contribution is 1.69. The quantitative estimate of drug-likeness (QED) is 0.361. The maximum absolute atomic E-state index is 9.82. The Labute approximate surface area is 47.9 Å². The summed E-state index contributed by atoms with van der Waals surface area (Å²) >= 11 is 0. The van der Waals surface area contributed by atoms with E-state index in [0.29, 0.717) is 6.61 Å². The van der Waals surface area contributed by atoms with Crippen molar-refractivity contribution in [3.63, 3.8) is 0 Å². The van der Waals surface area contributed by atoms with E-state index in [0.717, 1.165) is 0 Å². The Hall–Kier alpha value is -0.313. The van der Waals surface area contributed by atoms with Gasteiger partial charge in [-0.05, 0) is 6.92 Å². The zero-order chi connectivity index (χ0) is 4.99. The number of hydrogen-bond donors (Lipinski definition) is 0. The third-order valence-corrected chi connectivity index (χ3v) is 0.348. The van der Waals surface area contributed by atoms with E-state index in [2.05, 4.69) is 4.74 Å². The Bertz CT molecular complexity index is 53.7. The van der Waals surface area contributed by atoms with Crippen molar-refractivity contribution < 1.29 is 9.53 Å². The third kappa shape index (κ3) is 10.7. The largest absolute Gasteiger partial charge is 0.466 e. The van der Waals surface area contributed by atoms with Crippen molar-refractivity contribution in [3.8, 4) is 0 Å². The van der Waals surface area contributed by atoms with Gasteiger partial charge in [0.25, 0.3) is 0 Å². The monoisotopic (exact) mass is 116 g/mol. The molecular weight excluding hydrogens is 108 g/mol. The minimum Gasteiger partial charge on any atom is -0.466 e. The standard InChI is InChI=1S/C4H8O2.Si/c1-3-6-4(2)5;/h3H2,1-2H3;. The average Bonchev–Trinajstić information content (AvgIpc) is 1.35. The predicted molar refractivity (Wildman–Crippen MR) is 28.1 cm³/mol. The lowest BCUT2D eigenvalue weighted by molar-refractivity contribution is -0.140. The van der Waals surface area contributed by atoms with Crippen molar-refractivity contribution in [1.82, 2.24) is 0 Å². The van der Waals surface area contributed by atoms with Gasteiger partial charge in [-0.25, -0.2) is 0 Å². The maximum atomic E-state index is 9.82. The molecule has 0 unspecified atom stereocenters. The van der Waals surface area contributed by atoms with Crippen LogP contribution in [-0.4, -0.2) is 23.5 Å².